The van der Waals surface area contributed by atoms with Gasteiger partial charge in [0.15, 0.2) is 6.61 Å². The van der Waals surface area contributed by atoms with Gasteiger partial charge in [0.25, 0.3) is 11.6 Å². The number of carbonyl (C=O) groups excluding carboxylic acids is 2. The number of nitrogens with zero attached hydrogens (tertiary/aromatic N) is 1. The summed E-state index contributed by atoms with van der Waals surface area (Å²) in [6.45, 7) is 2.96. The van der Waals surface area contributed by atoms with Crippen LogP contribution in [-0.4, -0.2) is 23.3 Å². The van der Waals surface area contributed by atoms with E-state index in [0.717, 1.165) is 5.56 Å². The maximum Gasteiger partial charge on any atom is 0.273 e. The first-order valence-electron chi connectivity index (χ1n) is 7.89. The summed E-state index contributed by atoms with van der Waals surface area (Å²) in [5.74, 6) is -0.298. The fraction of sp³-hybridized carbons (Fsp3) is 0.222. The Morgan fingerprint density at radius 2 is 1.92 bits per heavy atom. The van der Waals surface area contributed by atoms with Crippen LogP contribution in [0.5, 0.6) is 5.75 Å². The smallest absolute Gasteiger partial charge is 0.273 e. The second-order valence-electron chi connectivity index (χ2n) is 5.64. The van der Waals surface area contributed by atoms with Gasteiger partial charge in [-0.05, 0) is 30.7 Å². The molecule has 2 amide bonds. The summed E-state index contributed by atoms with van der Waals surface area (Å²) in [7, 11) is 0. The average molecular weight is 357 g/mol. The summed E-state index contributed by atoms with van der Waals surface area (Å²) in [5.41, 5.74) is 1.36. The molecule has 0 spiro atoms. The number of nitro benzene ring substituents is 1. The van der Waals surface area contributed by atoms with Crippen LogP contribution in [0.15, 0.2) is 48.5 Å². The van der Waals surface area contributed by atoms with E-state index in [2.05, 4.69) is 10.6 Å². The van der Waals surface area contributed by atoms with Crippen molar-refractivity contribution in [1.82, 2.24) is 5.32 Å². The van der Waals surface area contributed by atoms with Gasteiger partial charge in [-0.25, -0.2) is 0 Å². The molecule has 8 heteroatoms. The van der Waals surface area contributed by atoms with Crippen LogP contribution in [0.25, 0.3) is 0 Å². The normalized spacial score (nSPS) is 11.3. The zero-order chi connectivity index (χ0) is 19.1. The van der Waals surface area contributed by atoms with Crippen LogP contribution in [0, 0.1) is 10.1 Å². The van der Waals surface area contributed by atoms with E-state index in [1.54, 1.807) is 31.2 Å². The van der Waals surface area contributed by atoms with E-state index in [4.69, 9.17) is 4.74 Å². The molecule has 2 rings (SSSR count). The Hall–Kier alpha value is -3.42. The molecule has 2 aromatic carbocycles. The molecular formula is C18H19N3O5. The van der Waals surface area contributed by atoms with Crippen LogP contribution in [0.3, 0.4) is 0 Å². The number of nitro groups is 1. The molecule has 0 aliphatic heterocycles. The van der Waals surface area contributed by atoms with E-state index >= 15 is 0 Å². The van der Waals surface area contributed by atoms with Crippen LogP contribution in [0.4, 0.5) is 11.4 Å². The number of nitrogens with one attached hydrogen (secondary N) is 2. The molecule has 26 heavy (non-hydrogen) atoms. The summed E-state index contributed by atoms with van der Waals surface area (Å²) < 4.78 is 5.30. The molecule has 0 saturated heterocycles. The number of benzene rings is 2. The third-order valence-electron chi connectivity index (χ3n) is 3.48. The Bertz CT molecular complexity index is 822. The van der Waals surface area contributed by atoms with Crippen molar-refractivity contribution in [1.29, 1.82) is 0 Å². The Morgan fingerprint density at radius 1 is 1.19 bits per heavy atom. The van der Waals surface area contributed by atoms with Crippen LogP contribution < -0.4 is 15.4 Å². The molecule has 0 bridgehead atoms. The summed E-state index contributed by atoms with van der Waals surface area (Å²) in [4.78, 5) is 33.4. The van der Waals surface area contributed by atoms with Gasteiger partial charge in [-0.2, -0.15) is 0 Å². The molecule has 136 valence electrons. The van der Waals surface area contributed by atoms with Gasteiger partial charge in [0.2, 0.25) is 5.91 Å². The number of rotatable bonds is 7. The number of ether oxygens (including phenoxy) is 1. The van der Waals surface area contributed by atoms with Crippen molar-refractivity contribution in [3.63, 3.8) is 0 Å². The molecule has 0 unspecified atom stereocenters. The molecule has 8 nitrogen and oxygen atoms in total. The monoisotopic (exact) mass is 357 g/mol. The molecule has 0 saturated carbocycles. The van der Waals surface area contributed by atoms with E-state index < -0.39 is 4.92 Å². The minimum Gasteiger partial charge on any atom is -0.484 e. The number of amides is 2. The number of hydrogen-bond donors (Lipinski definition) is 2. The predicted octanol–water partition coefficient (Wildman–Crippen LogP) is 2.81. The first-order chi connectivity index (χ1) is 12.3. The van der Waals surface area contributed by atoms with Crippen molar-refractivity contribution in [2.45, 2.75) is 19.9 Å². The van der Waals surface area contributed by atoms with Gasteiger partial charge in [-0.15, -0.1) is 0 Å². The molecule has 0 radical (unpaired) electrons. The van der Waals surface area contributed by atoms with Crippen molar-refractivity contribution >= 4 is 23.2 Å². The van der Waals surface area contributed by atoms with E-state index in [1.807, 2.05) is 6.07 Å². The zero-order valence-electron chi connectivity index (χ0n) is 14.4. The molecule has 0 aliphatic carbocycles. The quantitative estimate of drug-likeness (QED) is 0.585. The Labute approximate surface area is 150 Å². The van der Waals surface area contributed by atoms with Crippen molar-refractivity contribution in [2.24, 2.45) is 0 Å². The summed E-state index contributed by atoms with van der Waals surface area (Å²) in [6, 6.07) is 12.5. The maximum atomic E-state index is 12.0. The zero-order valence-corrected chi connectivity index (χ0v) is 14.4. The van der Waals surface area contributed by atoms with Gasteiger partial charge < -0.3 is 15.4 Å². The highest BCUT2D eigenvalue weighted by Crippen LogP contribution is 2.20. The SMILES string of the molecule is CC(=O)Nc1cccc([C@@H](C)NC(=O)COc2cccc([N+](=O)[O-])c2)c1. The lowest BCUT2D eigenvalue weighted by molar-refractivity contribution is -0.384. The molecule has 2 N–H and O–H groups in total. The van der Waals surface area contributed by atoms with Gasteiger partial charge in [-0.1, -0.05) is 18.2 Å². The highest BCUT2D eigenvalue weighted by molar-refractivity contribution is 5.88. The molecule has 0 fully saturated rings. The molecule has 0 heterocycles. The van der Waals surface area contributed by atoms with Gasteiger partial charge >= 0.3 is 0 Å². The third-order valence-corrected chi connectivity index (χ3v) is 3.48. The van der Waals surface area contributed by atoms with Crippen LogP contribution in [0.2, 0.25) is 0 Å². The largest absolute Gasteiger partial charge is 0.484 e. The Morgan fingerprint density at radius 3 is 2.62 bits per heavy atom. The Balaban J connectivity index is 1.92. The van der Waals surface area contributed by atoms with Crippen LogP contribution in [0.1, 0.15) is 25.5 Å². The summed E-state index contributed by atoms with van der Waals surface area (Å²) in [5, 5.41) is 16.2. The van der Waals surface area contributed by atoms with E-state index in [-0.39, 0.29) is 35.9 Å². The summed E-state index contributed by atoms with van der Waals surface area (Å²) in [6.07, 6.45) is 0. The topological polar surface area (TPSA) is 111 Å². The van der Waals surface area contributed by atoms with Gasteiger partial charge in [-0.3, -0.25) is 19.7 Å². The first kappa shape index (κ1) is 18.9. The number of anilines is 1. The molecule has 0 aromatic heterocycles. The number of carbonyl (C=O) groups is 2. The Kier molecular flexibility index (Phi) is 6.26. The lowest BCUT2D eigenvalue weighted by Gasteiger charge is -2.16. The van der Waals surface area contributed by atoms with Crippen molar-refractivity contribution in [3.8, 4) is 5.75 Å². The first-order valence-corrected chi connectivity index (χ1v) is 7.89. The molecular weight excluding hydrogens is 338 g/mol. The lowest BCUT2D eigenvalue weighted by Crippen LogP contribution is -2.31. The second kappa shape index (κ2) is 8.61. The third kappa shape index (κ3) is 5.59. The predicted molar refractivity (Wildman–Crippen MR) is 95.9 cm³/mol. The van der Waals surface area contributed by atoms with Crippen LogP contribution in [-0.2, 0) is 9.59 Å². The lowest BCUT2D eigenvalue weighted by atomic mass is 10.1. The van der Waals surface area contributed by atoms with E-state index in [0.29, 0.717) is 5.69 Å². The van der Waals surface area contributed by atoms with Gasteiger partial charge in [0.1, 0.15) is 5.75 Å². The fourth-order valence-electron chi connectivity index (χ4n) is 2.29. The van der Waals surface area contributed by atoms with E-state index in [1.165, 1.54) is 25.1 Å². The standard InChI is InChI=1S/C18H19N3O5/c1-12(14-5-3-6-15(9-14)20-13(2)22)19-18(23)11-26-17-8-4-7-16(10-17)21(24)25/h3-10,12H,11H2,1-2H3,(H,19,23)(H,20,22)/t12-/m1/s1. The highest BCUT2D eigenvalue weighted by Gasteiger charge is 2.12. The summed E-state index contributed by atoms with van der Waals surface area (Å²) >= 11 is 0. The highest BCUT2D eigenvalue weighted by atomic mass is 16.6. The van der Waals surface area contributed by atoms with Crippen molar-refractivity contribution < 1.29 is 19.2 Å². The van der Waals surface area contributed by atoms with Crippen molar-refractivity contribution in [2.75, 3.05) is 11.9 Å². The van der Waals surface area contributed by atoms with Crippen molar-refractivity contribution in [3.05, 3.63) is 64.2 Å². The fourth-order valence-corrected chi connectivity index (χ4v) is 2.29. The second-order valence-corrected chi connectivity index (χ2v) is 5.64. The molecule has 1 atom stereocenters. The minimum atomic E-state index is -0.531. The van der Waals surface area contributed by atoms with Crippen LogP contribution >= 0.6 is 0 Å². The number of non-ortho nitro benzene ring substituents is 1. The van der Waals surface area contributed by atoms with Gasteiger partial charge in [0.05, 0.1) is 17.0 Å². The minimum absolute atomic E-state index is 0.105. The molecule has 2 aromatic rings. The number of hydrogen-bond acceptors (Lipinski definition) is 5. The average Bonchev–Trinajstić information content (AvgIpc) is 2.60. The molecule has 0 aliphatic rings. The van der Waals surface area contributed by atoms with Gasteiger partial charge in [0, 0.05) is 18.7 Å². The van der Waals surface area contributed by atoms with E-state index in [9.17, 15) is 19.7 Å². The maximum absolute atomic E-state index is 12.0.